The van der Waals surface area contributed by atoms with Crippen LogP contribution in [0.25, 0.3) is 11.0 Å². The Morgan fingerprint density at radius 3 is 0.882 bits per heavy atom. The molecule has 0 saturated carbocycles. The Morgan fingerprint density at radius 2 is 0.608 bits per heavy atom. The number of aromatic nitrogens is 2. The summed E-state index contributed by atoms with van der Waals surface area (Å²) in [7, 11) is 0. The van der Waals surface area contributed by atoms with Gasteiger partial charge < -0.3 is 9.47 Å². The molecule has 2 heterocycles. The Bertz CT molecular complexity index is 919. The fourth-order valence-corrected chi connectivity index (χ4v) is 7.99. The number of hydrogen-bond acceptors (Lipinski definition) is 5. The summed E-state index contributed by atoms with van der Waals surface area (Å²) in [5.74, 6) is 0. The molecule has 51 heavy (non-hydrogen) atoms. The molecule has 4 nitrogen and oxygen atoms in total. The predicted molar refractivity (Wildman–Crippen MR) is 226 cm³/mol. The molecule has 0 fully saturated rings. The second kappa shape index (κ2) is 36.0. The molecule has 5 heteroatoms. The molecule has 0 atom stereocenters. The molecule has 0 unspecified atom stereocenters. The third-order valence-corrected chi connectivity index (χ3v) is 11.4. The van der Waals surface area contributed by atoms with Crippen LogP contribution >= 0.6 is 11.3 Å². The summed E-state index contributed by atoms with van der Waals surface area (Å²) in [6.45, 7) is 7.79. The lowest BCUT2D eigenvalue weighted by atomic mass is 10.0. The van der Waals surface area contributed by atoms with Gasteiger partial charge in [-0.15, -0.1) is 11.3 Å². The summed E-state index contributed by atoms with van der Waals surface area (Å²) < 4.78 is 12.1. The minimum Gasteiger partial charge on any atom is -0.381 e. The van der Waals surface area contributed by atoms with Gasteiger partial charge in [0.25, 0.3) is 0 Å². The number of hydrogen-bond donors (Lipinski definition) is 0. The molecule has 0 saturated heterocycles. The van der Waals surface area contributed by atoms with Crippen LogP contribution in [0.4, 0.5) is 0 Å². The van der Waals surface area contributed by atoms with Gasteiger partial charge in [-0.1, -0.05) is 206 Å². The van der Waals surface area contributed by atoms with Gasteiger partial charge in [-0.25, -0.2) is 9.97 Å². The van der Waals surface area contributed by atoms with E-state index in [1.807, 2.05) is 0 Å². The molecule has 0 bridgehead atoms. The van der Waals surface area contributed by atoms with E-state index in [1.54, 1.807) is 11.3 Å². The van der Waals surface area contributed by atoms with Crippen LogP contribution in [-0.2, 0) is 22.3 Å². The first-order valence-corrected chi connectivity index (χ1v) is 23.7. The van der Waals surface area contributed by atoms with E-state index in [0.717, 1.165) is 61.7 Å². The molecule has 0 amide bonds. The van der Waals surface area contributed by atoms with E-state index in [0.29, 0.717) is 0 Å². The summed E-state index contributed by atoms with van der Waals surface area (Å²) in [5, 5.41) is 4.22. The Kier molecular flexibility index (Phi) is 32.5. The van der Waals surface area contributed by atoms with E-state index in [1.165, 1.54) is 205 Å². The third-order valence-electron chi connectivity index (χ3n) is 10.7. The zero-order valence-electron chi connectivity index (χ0n) is 34.1. The largest absolute Gasteiger partial charge is 0.381 e. The van der Waals surface area contributed by atoms with Crippen molar-refractivity contribution in [1.29, 1.82) is 0 Å². The Balaban J connectivity index is 1.40. The molecule has 0 aliphatic rings. The van der Waals surface area contributed by atoms with E-state index >= 15 is 0 Å². The highest BCUT2D eigenvalue weighted by molar-refractivity contribution is 7.09. The van der Waals surface area contributed by atoms with Crippen molar-refractivity contribution in [3.05, 3.63) is 22.1 Å². The first kappa shape index (κ1) is 46.1. The summed E-state index contributed by atoms with van der Waals surface area (Å²) >= 11 is 1.69. The maximum absolute atomic E-state index is 6.05. The van der Waals surface area contributed by atoms with Gasteiger partial charge >= 0.3 is 0 Å². The van der Waals surface area contributed by atoms with E-state index in [2.05, 4.69) is 24.6 Å². The third kappa shape index (κ3) is 27.2. The van der Waals surface area contributed by atoms with Crippen molar-refractivity contribution in [2.75, 3.05) is 26.4 Å². The summed E-state index contributed by atoms with van der Waals surface area (Å²) in [6.07, 6.45) is 46.5. The average molecular weight is 729 g/mol. The van der Waals surface area contributed by atoms with Crippen LogP contribution in [0.2, 0.25) is 0 Å². The molecule has 0 radical (unpaired) electrons. The van der Waals surface area contributed by atoms with E-state index in [9.17, 15) is 0 Å². The van der Waals surface area contributed by atoms with Crippen LogP contribution in [0.1, 0.15) is 231 Å². The molecule has 0 aliphatic heterocycles. The smallest absolute Gasteiger partial charge is 0.0997 e. The van der Waals surface area contributed by atoms with E-state index in [4.69, 9.17) is 19.4 Å². The molecule has 0 aromatic carbocycles. The fraction of sp³-hybridized carbons (Fsp3) is 0.870. The van der Waals surface area contributed by atoms with Gasteiger partial charge in [0.2, 0.25) is 0 Å². The summed E-state index contributed by atoms with van der Waals surface area (Å²) in [5.41, 5.74) is 4.23. The maximum Gasteiger partial charge on any atom is 0.0997 e. The average Bonchev–Trinajstić information content (AvgIpc) is 3.60. The van der Waals surface area contributed by atoms with Crippen LogP contribution in [0.15, 0.2) is 10.8 Å². The molecule has 296 valence electrons. The van der Waals surface area contributed by atoms with Crippen molar-refractivity contribution in [2.24, 2.45) is 0 Å². The Hall–Kier alpha value is -1.04. The Labute approximate surface area is 321 Å². The van der Waals surface area contributed by atoms with Crippen LogP contribution in [0.5, 0.6) is 0 Å². The Morgan fingerprint density at radius 1 is 0.353 bits per heavy atom. The molecule has 0 N–H and O–H groups in total. The molecule has 2 aromatic rings. The van der Waals surface area contributed by atoms with Crippen molar-refractivity contribution in [3.8, 4) is 0 Å². The van der Waals surface area contributed by atoms with Gasteiger partial charge in [0, 0.05) is 36.8 Å². The summed E-state index contributed by atoms with van der Waals surface area (Å²) in [4.78, 5) is 9.93. The molecular weight excluding hydrogens is 645 g/mol. The highest BCUT2D eigenvalue weighted by Gasteiger charge is 2.10. The van der Waals surface area contributed by atoms with Crippen molar-refractivity contribution in [3.63, 3.8) is 0 Å². The van der Waals surface area contributed by atoms with Gasteiger partial charge in [0.1, 0.15) is 0 Å². The zero-order chi connectivity index (χ0) is 36.1. The minimum atomic E-state index is 0.732. The van der Waals surface area contributed by atoms with Crippen molar-refractivity contribution in [1.82, 2.24) is 9.97 Å². The molecule has 0 spiro atoms. The molecular formula is C46H84N2O2S. The lowest BCUT2D eigenvalue weighted by Gasteiger charge is -2.10. The number of nitrogens with zero attached hydrogens (tertiary/aromatic N) is 2. The lowest BCUT2D eigenvalue weighted by molar-refractivity contribution is 0.128. The number of fused-ring (bicyclic) bond motifs is 1. The van der Waals surface area contributed by atoms with Crippen molar-refractivity contribution >= 4 is 22.4 Å². The highest BCUT2D eigenvalue weighted by atomic mass is 32.1. The van der Waals surface area contributed by atoms with Crippen LogP contribution < -0.4 is 0 Å². The molecule has 2 rings (SSSR count). The quantitative estimate of drug-likeness (QED) is 0.0641. The lowest BCUT2D eigenvalue weighted by Crippen LogP contribution is -2.10. The first-order chi connectivity index (χ1) is 25.3. The second-order valence-electron chi connectivity index (χ2n) is 15.6. The fourth-order valence-electron chi connectivity index (χ4n) is 7.32. The van der Waals surface area contributed by atoms with Crippen LogP contribution in [0.3, 0.4) is 0 Å². The normalized spacial score (nSPS) is 11.7. The van der Waals surface area contributed by atoms with Crippen LogP contribution in [-0.4, -0.2) is 36.4 Å². The van der Waals surface area contributed by atoms with Gasteiger partial charge in [-0.05, 0) is 12.8 Å². The monoisotopic (exact) mass is 729 g/mol. The van der Waals surface area contributed by atoms with Crippen molar-refractivity contribution < 1.29 is 9.47 Å². The number of rotatable bonds is 40. The van der Waals surface area contributed by atoms with Gasteiger partial charge in [0.05, 0.1) is 35.6 Å². The minimum absolute atomic E-state index is 0.732. The maximum atomic E-state index is 6.05. The molecule has 2 aromatic heterocycles. The van der Waals surface area contributed by atoms with E-state index < -0.39 is 0 Å². The first-order valence-electron chi connectivity index (χ1n) is 22.7. The van der Waals surface area contributed by atoms with Gasteiger partial charge in [-0.2, -0.15) is 0 Å². The van der Waals surface area contributed by atoms with Gasteiger partial charge in [-0.3, -0.25) is 0 Å². The highest BCUT2D eigenvalue weighted by Crippen LogP contribution is 2.19. The van der Waals surface area contributed by atoms with E-state index in [-0.39, 0.29) is 0 Å². The SMILES string of the molecule is CCCCCCCCCCCCCCCCCCOCCc1nc2cscc2nc1CCOCCCCCCCCCCCCCCCCCC. The number of thiophene rings is 1. The second-order valence-corrected chi connectivity index (χ2v) is 16.3. The predicted octanol–water partition coefficient (Wildman–Crippen LogP) is 15.3. The van der Waals surface area contributed by atoms with Gasteiger partial charge in [0.15, 0.2) is 0 Å². The zero-order valence-corrected chi connectivity index (χ0v) is 35.0. The standard InChI is InChI=1S/C46H84N2O2S/c1-3-5-7-9-11-13-15-17-19-21-23-25-27-29-31-33-37-49-39-35-43-44(48-46-42-51-41-45(46)47-43)36-40-50-38-34-32-30-28-26-24-22-20-18-16-14-12-10-8-6-4-2/h41-42H,3-40H2,1-2H3. The summed E-state index contributed by atoms with van der Waals surface area (Å²) in [6, 6.07) is 0. The van der Waals surface area contributed by atoms with Crippen LogP contribution in [0, 0.1) is 0 Å². The van der Waals surface area contributed by atoms with Crippen molar-refractivity contribution in [2.45, 2.75) is 232 Å². The molecule has 0 aliphatic carbocycles. The topological polar surface area (TPSA) is 44.2 Å². The number of ether oxygens (including phenoxy) is 2. The number of unbranched alkanes of at least 4 members (excludes halogenated alkanes) is 30.